The number of hydrogen-bond donors (Lipinski definition) is 1. The van der Waals surface area contributed by atoms with Crippen molar-refractivity contribution in [3.8, 4) is 22.9 Å². The Kier molecular flexibility index (Phi) is 7.38. The maximum absolute atomic E-state index is 12.5. The molecule has 0 saturated heterocycles. The number of rotatable bonds is 9. The van der Waals surface area contributed by atoms with Crippen LogP contribution in [0.15, 0.2) is 34.8 Å². The largest absolute Gasteiger partial charge is 0.497 e. The summed E-state index contributed by atoms with van der Waals surface area (Å²) in [5.74, 6) is 2.11. The summed E-state index contributed by atoms with van der Waals surface area (Å²) in [6.45, 7) is 6.32. The normalized spacial score (nSPS) is 11.0. The van der Waals surface area contributed by atoms with Gasteiger partial charge in [-0.3, -0.25) is 9.36 Å². The first-order valence-corrected chi connectivity index (χ1v) is 11.5. The number of hydrogen-bond acceptors (Lipinski definition) is 7. The van der Waals surface area contributed by atoms with Crippen LogP contribution in [0.2, 0.25) is 0 Å². The molecule has 30 heavy (non-hydrogen) atoms. The Labute approximate surface area is 184 Å². The zero-order chi connectivity index (χ0) is 21.7. The van der Waals surface area contributed by atoms with Gasteiger partial charge in [0.05, 0.1) is 25.7 Å². The van der Waals surface area contributed by atoms with E-state index in [9.17, 15) is 4.79 Å². The quantitative estimate of drug-likeness (QED) is 0.471. The van der Waals surface area contributed by atoms with E-state index in [4.69, 9.17) is 9.47 Å². The summed E-state index contributed by atoms with van der Waals surface area (Å²) >= 11 is 3.09. The highest BCUT2D eigenvalue weighted by atomic mass is 32.2. The van der Waals surface area contributed by atoms with Crippen molar-refractivity contribution in [2.24, 2.45) is 0 Å². The standard InChI is InChI=1S/C21H26N4O3S2/c1-6-16-9-14(11-29-16)20-23-24-21(25(20)13(2)3)30-12-19(26)22-17-8-7-15(27-4)10-18(17)28-5/h7-11,13H,6,12H2,1-5H3,(H,22,26). The first-order valence-electron chi connectivity index (χ1n) is 9.64. The van der Waals surface area contributed by atoms with Crippen molar-refractivity contribution in [2.45, 2.75) is 38.4 Å². The molecule has 7 nitrogen and oxygen atoms in total. The average molecular weight is 447 g/mol. The Morgan fingerprint density at radius 2 is 2.03 bits per heavy atom. The molecule has 160 valence electrons. The highest BCUT2D eigenvalue weighted by molar-refractivity contribution is 7.99. The molecule has 2 aromatic heterocycles. The Bertz CT molecular complexity index is 1010. The number of benzene rings is 1. The molecule has 0 radical (unpaired) electrons. The molecule has 0 fully saturated rings. The minimum Gasteiger partial charge on any atom is -0.497 e. The molecule has 0 atom stereocenters. The molecule has 3 rings (SSSR count). The van der Waals surface area contributed by atoms with Gasteiger partial charge in [0.25, 0.3) is 0 Å². The first kappa shape index (κ1) is 22.2. The number of carbonyl (C=O) groups excluding carboxylic acids is 1. The van der Waals surface area contributed by atoms with E-state index in [-0.39, 0.29) is 17.7 Å². The predicted octanol–water partition coefficient (Wildman–Crippen LogP) is 4.90. The molecule has 1 N–H and O–H groups in total. The Morgan fingerprint density at radius 3 is 2.67 bits per heavy atom. The number of methoxy groups -OCH3 is 2. The number of thiophene rings is 1. The van der Waals surface area contributed by atoms with Gasteiger partial charge in [-0.05, 0) is 38.5 Å². The number of amides is 1. The number of thioether (sulfide) groups is 1. The minimum absolute atomic E-state index is 0.146. The van der Waals surface area contributed by atoms with Gasteiger partial charge in [0.15, 0.2) is 11.0 Å². The summed E-state index contributed by atoms with van der Waals surface area (Å²) in [6.07, 6.45) is 0.997. The molecule has 1 aromatic carbocycles. The van der Waals surface area contributed by atoms with Crippen molar-refractivity contribution in [2.75, 3.05) is 25.3 Å². The molecule has 3 aromatic rings. The van der Waals surface area contributed by atoms with Gasteiger partial charge in [0.2, 0.25) is 5.91 Å². The lowest BCUT2D eigenvalue weighted by Gasteiger charge is -2.14. The molecule has 0 aliphatic rings. The molecule has 0 aliphatic heterocycles. The summed E-state index contributed by atoms with van der Waals surface area (Å²) < 4.78 is 12.6. The van der Waals surface area contributed by atoms with E-state index in [0.29, 0.717) is 17.2 Å². The fourth-order valence-corrected chi connectivity index (χ4v) is 4.62. The number of nitrogens with zero attached hydrogens (tertiary/aromatic N) is 3. The number of carbonyl (C=O) groups is 1. The summed E-state index contributed by atoms with van der Waals surface area (Å²) in [4.78, 5) is 13.8. The first-order chi connectivity index (χ1) is 14.5. The van der Waals surface area contributed by atoms with Crippen molar-refractivity contribution in [3.05, 3.63) is 34.5 Å². The third-order valence-corrected chi connectivity index (χ3v) is 6.48. The molecule has 0 bridgehead atoms. The lowest BCUT2D eigenvalue weighted by molar-refractivity contribution is -0.113. The molecule has 0 unspecified atom stereocenters. The summed E-state index contributed by atoms with van der Waals surface area (Å²) in [7, 11) is 3.14. The third kappa shape index (κ3) is 4.96. The summed E-state index contributed by atoms with van der Waals surface area (Å²) in [5.41, 5.74) is 1.66. The Morgan fingerprint density at radius 1 is 1.23 bits per heavy atom. The topological polar surface area (TPSA) is 78.3 Å². The highest BCUT2D eigenvalue weighted by Crippen LogP contribution is 2.32. The fourth-order valence-electron chi connectivity index (χ4n) is 2.94. The number of anilines is 1. The fraction of sp³-hybridized carbons (Fsp3) is 0.381. The summed E-state index contributed by atoms with van der Waals surface area (Å²) in [5, 5.41) is 14.5. The Hall–Kier alpha value is -2.52. The predicted molar refractivity (Wildman–Crippen MR) is 122 cm³/mol. The second-order valence-electron chi connectivity index (χ2n) is 6.83. The molecule has 2 heterocycles. The van der Waals surface area contributed by atoms with Crippen molar-refractivity contribution in [3.63, 3.8) is 0 Å². The molecule has 0 aliphatic carbocycles. The second-order valence-corrected chi connectivity index (χ2v) is 8.77. The third-order valence-electron chi connectivity index (χ3n) is 4.46. The summed E-state index contributed by atoms with van der Waals surface area (Å²) in [6, 6.07) is 7.60. The van der Waals surface area contributed by atoms with Gasteiger partial charge in [0.1, 0.15) is 11.5 Å². The van der Waals surface area contributed by atoms with Crippen LogP contribution in [0.4, 0.5) is 5.69 Å². The van der Waals surface area contributed by atoms with Crippen molar-refractivity contribution < 1.29 is 14.3 Å². The number of nitrogens with one attached hydrogen (secondary N) is 1. The van der Waals surface area contributed by atoms with Crippen molar-refractivity contribution >= 4 is 34.7 Å². The van der Waals surface area contributed by atoms with E-state index in [1.807, 2.05) is 0 Å². The van der Waals surface area contributed by atoms with Crippen LogP contribution in [-0.4, -0.2) is 40.6 Å². The lowest BCUT2D eigenvalue weighted by atomic mass is 10.2. The van der Waals surface area contributed by atoms with Gasteiger partial charge in [-0.1, -0.05) is 18.7 Å². The van der Waals surface area contributed by atoms with Gasteiger partial charge < -0.3 is 14.8 Å². The van der Waals surface area contributed by atoms with Crippen LogP contribution >= 0.6 is 23.1 Å². The highest BCUT2D eigenvalue weighted by Gasteiger charge is 2.19. The van der Waals surface area contributed by atoms with Crippen LogP contribution in [0.1, 0.15) is 31.7 Å². The van der Waals surface area contributed by atoms with Gasteiger partial charge in [-0.25, -0.2) is 0 Å². The maximum Gasteiger partial charge on any atom is 0.234 e. The lowest BCUT2D eigenvalue weighted by Crippen LogP contribution is -2.15. The second kappa shape index (κ2) is 9.99. The minimum atomic E-state index is -0.146. The zero-order valence-electron chi connectivity index (χ0n) is 17.8. The van der Waals surface area contributed by atoms with Crippen LogP contribution in [0.3, 0.4) is 0 Å². The molecule has 9 heteroatoms. The van der Waals surface area contributed by atoms with Gasteiger partial charge in [-0.2, -0.15) is 0 Å². The van der Waals surface area contributed by atoms with Gasteiger partial charge in [-0.15, -0.1) is 21.5 Å². The zero-order valence-corrected chi connectivity index (χ0v) is 19.4. The van der Waals surface area contributed by atoms with E-state index in [1.165, 1.54) is 16.6 Å². The van der Waals surface area contributed by atoms with Crippen molar-refractivity contribution in [1.29, 1.82) is 0 Å². The Balaban J connectivity index is 1.72. The molecule has 1 amide bonds. The molecule has 0 saturated carbocycles. The van der Waals surface area contributed by atoms with Crippen LogP contribution in [0.25, 0.3) is 11.4 Å². The van der Waals surface area contributed by atoms with Crippen LogP contribution in [0.5, 0.6) is 11.5 Å². The van der Waals surface area contributed by atoms with E-state index in [0.717, 1.165) is 23.0 Å². The molecule has 0 spiro atoms. The smallest absolute Gasteiger partial charge is 0.234 e. The SMILES string of the molecule is CCc1cc(-c2nnc(SCC(=O)Nc3ccc(OC)cc3OC)n2C(C)C)cs1. The van der Waals surface area contributed by atoms with E-state index < -0.39 is 0 Å². The number of aromatic nitrogens is 3. The van der Waals surface area contributed by atoms with E-state index in [1.54, 1.807) is 43.8 Å². The van der Waals surface area contributed by atoms with Crippen LogP contribution in [-0.2, 0) is 11.2 Å². The van der Waals surface area contributed by atoms with Crippen LogP contribution < -0.4 is 14.8 Å². The number of aryl methyl sites for hydroxylation is 1. The monoisotopic (exact) mass is 446 g/mol. The van der Waals surface area contributed by atoms with Gasteiger partial charge >= 0.3 is 0 Å². The maximum atomic E-state index is 12.5. The average Bonchev–Trinajstić information content (AvgIpc) is 3.39. The van der Waals surface area contributed by atoms with Crippen LogP contribution in [0, 0.1) is 0 Å². The number of ether oxygens (including phenoxy) is 2. The van der Waals surface area contributed by atoms with E-state index >= 15 is 0 Å². The van der Waals surface area contributed by atoms with E-state index in [2.05, 4.69) is 52.3 Å². The molecular formula is C21H26N4O3S2. The van der Waals surface area contributed by atoms with Crippen molar-refractivity contribution in [1.82, 2.24) is 14.8 Å². The van der Waals surface area contributed by atoms with Gasteiger partial charge in [0, 0.05) is 27.9 Å². The molecular weight excluding hydrogens is 420 g/mol.